The van der Waals surface area contributed by atoms with Crippen LogP contribution in [0.3, 0.4) is 0 Å². The largest absolute Gasteiger partial charge is 0.0654 e. The molecule has 2 radical (unpaired) electrons. The fourth-order valence-corrected chi connectivity index (χ4v) is 1.71. The summed E-state index contributed by atoms with van der Waals surface area (Å²) in [5, 5.41) is 0. The van der Waals surface area contributed by atoms with E-state index in [2.05, 4.69) is 20.3 Å². The summed E-state index contributed by atoms with van der Waals surface area (Å²) >= 11 is 0. The maximum absolute atomic E-state index is 3.83. The van der Waals surface area contributed by atoms with Crippen LogP contribution in [0, 0.1) is 13.3 Å². The molecule has 0 heteroatoms. The summed E-state index contributed by atoms with van der Waals surface area (Å²) in [6.07, 6.45) is 17.4. The number of hydrogen-bond donors (Lipinski definition) is 0. The van der Waals surface area contributed by atoms with Crippen LogP contribution in [0.1, 0.15) is 77.6 Å². The fourth-order valence-electron chi connectivity index (χ4n) is 1.71. The van der Waals surface area contributed by atoms with Crippen molar-refractivity contribution in [3.8, 4) is 0 Å². The van der Waals surface area contributed by atoms with E-state index in [-0.39, 0.29) is 0 Å². The molecule has 0 rings (SSSR count). The molecule has 0 aliphatic rings. The van der Waals surface area contributed by atoms with Crippen molar-refractivity contribution >= 4 is 0 Å². The molecule has 0 saturated heterocycles. The summed E-state index contributed by atoms with van der Waals surface area (Å²) in [4.78, 5) is 0. The molecule has 0 nitrogen and oxygen atoms in total. The highest BCUT2D eigenvalue weighted by atomic mass is 14.0. The molecule has 84 valence electrons. The van der Waals surface area contributed by atoms with Gasteiger partial charge in [0.1, 0.15) is 0 Å². The second-order valence-electron chi connectivity index (χ2n) is 4.19. The van der Waals surface area contributed by atoms with E-state index in [0.29, 0.717) is 0 Å². The third-order valence-corrected chi connectivity index (χ3v) is 2.67. The van der Waals surface area contributed by atoms with E-state index < -0.39 is 0 Å². The Balaban J connectivity index is 2.78. The topological polar surface area (TPSA) is 0 Å². The van der Waals surface area contributed by atoms with E-state index in [1.54, 1.807) is 0 Å². The van der Waals surface area contributed by atoms with Crippen LogP contribution in [0.2, 0.25) is 0 Å². The van der Waals surface area contributed by atoms with E-state index in [9.17, 15) is 0 Å². The molecule has 0 N–H and O–H groups in total. The van der Waals surface area contributed by atoms with E-state index in [1.807, 2.05) is 0 Å². The molecule has 0 aromatic rings. The SMILES string of the molecule is [CH2]CC[CH]CCCCCCCCCC. The Labute approximate surface area is 91.5 Å². The van der Waals surface area contributed by atoms with Crippen molar-refractivity contribution in [2.75, 3.05) is 0 Å². The second kappa shape index (κ2) is 13.0. The standard InChI is InChI=1S/C14H28/c1-3-5-7-9-11-13-14-12-10-8-6-4-2/h7H,1,3-6,8-14H2,2H3. The lowest BCUT2D eigenvalue weighted by Crippen LogP contribution is -1.82. The lowest BCUT2D eigenvalue weighted by atomic mass is 10.1. The van der Waals surface area contributed by atoms with Crippen LogP contribution in [0.25, 0.3) is 0 Å². The Morgan fingerprint density at radius 1 is 0.786 bits per heavy atom. The minimum absolute atomic E-state index is 1.07. The molecule has 0 fully saturated rings. The summed E-state index contributed by atoms with van der Waals surface area (Å²) in [7, 11) is 0. The molecule has 14 heavy (non-hydrogen) atoms. The Bertz CT molecular complexity index is 74.0. The average molecular weight is 196 g/mol. The molecular weight excluding hydrogens is 168 g/mol. The van der Waals surface area contributed by atoms with Crippen LogP contribution in [0.4, 0.5) is 0 Å². The molecule has 0 saturated carbocycles. The van der Waals surface area contributed by atoms with Crippen LogP contribution < -0.4 is 0 Å². The molecule has 0 amide bonds. The second-order valence-corrected chi connectivity index (χ2v) is 4.19. The zero-order valence-corrected chi connectivity index (χ0v) is 10.1. The Kier molecular flexibility index (Phi) is 13.0. The van der Waals surface area contributed by atoms with E-state index in [4.69, 9.17) is 0 Å². The quantitative estimate of drug-likeness (QED) is 0.391. The first-order valence-corrected chi connectivity index (χ1v) is 6.52. The molecular formula is C14H28. The van der Waals surface area contributed by atoms with Gasteiger partial charge in [0.25, 0.3) is 0 Å². The van der Waals surface area contributed by atoms with Gasteiger partial charge in [-0.1, -0.05) is 84.5 Å². The highest BCUT2D eigenvalue weighted by Crippen LogP contribution is 2.10. The summed E-state index contributed by atoms with van der Waals surface area (Å²) < 4.78 is 0. The normalized spacial score (nSPS) is 10.7. The van der Waals surface area contributed by atoms with Crippen molar-refractivity contribution in [1.82, 2.24) is 0 Å². The summed E-state index contributed by atoms with van der Waals surface area (Å²) in [5.41, 5.74) is 0. The van der Waals surface area contributed by atoms with Gasteiger partial charge in [0.05, 0.1) is 0 Å². The van der Waals surface area contributed by atoms with Crippen LogP contribution in [-0.2, 0) is 0 Å². The molecule has 0 spiro atoms. The van der Waals surface area contributed by atoms with Gasteiger partial charge in [0.15, 0.2) is 0 Å². The van der Waals surface area contributed by atoms with Gasteiger partial charge in [-0.2, -0.15) is 0 Å². The first-order chi connectivity index (χ1) is 6.91. The minimum atomic E-state index is 1.07. The Hall–Kier alpha value is 0. The van der Waals surface area contributed by atoms with Crippen LogP contribution in [0.15, 0.2) is 0 Å². The predicted octanol–water partition coefficient (Wildman–Crippen LogP) is 5.34. The van der Waals surface area contributed by atoms with Crippen molar-refractivity contribution < 1.29 is 0 Å². The van der Waals surface area contributed by atoms with E-state index >= 15 is 0 Å². The van der Waals surface area contributed by atoms with Crippen LogP contribution in [-0.4, -0.2) is 0 Å². The highest BCUT2D eigenvalue weighted by molar-refractivity contribution is 4.64. The van der Waals surface area contributed by atoms with E-state index in [1.165, 1.54) is 64.2 Å². The third-order valence-electron chi connectivity index (χ3n) is 2.67. The maximum atomic E-state index is 3.83. The van der Waals surface area contributed by atoms with Crippen molar-refractivity contribution in [2.24, 2.45) is 0 Å². The average Bonchev–Trinajstić information content (AvgIpc) is 2.21. The van der Waals surface area contributed by atoms with Gasteiger partial charge in [-0.05, 0) is 6.42 Å². The summed E-state index contributed by atoms with van der Waals surface area (Å²) in [6, 6.07) is 0. The van der Waals surface area contributed by atoms with Crippen molar-refractivity contribution in [3.63, 3.8) is 0 Å². The van der Waals surface area contributed by atoms with Gasteiger partial charge in [-0.3, -0.25) is 0 Å². The highest BCUT2D eigenvalue weighted by Gasteiger charge is 1.91. The summed E-state index contributed by atoms with van der Waals surface area (Å²) in [6.45, 7) is 6.11. The minimum Gasteiger partial charge on any atom is -0.0654 e. The summed E-state index contributed by atoms with van der Waals surface area (Å²) in [5.74, 6) is 0. The number of rotatable bonds is 11. The molecule has 0 unspecified atom stereocenters. The first-order valence-electron chi connectivity index (χ1n) is 6.52. The Morgan fingerprint density at radius 2 is 1.36 bits per heavy atom. The first kappa shape index (κ1) is 14.0. The van der Waals surface area contributed by atoms with Gasteiger partial charge in [0.2, 0.25) is 0 Å². The number of unbranched alkanes of at least 4 members (excludes halogenated alkanes) is 11. The van der Waals surface area contributed by atoms with Gasteiger partial charge < -0.3 is 0 Å². The van der Waals surface area contributed by atoms with Crippen LogP contribution >= 0.6 is 0 Å². The molecule has 0 aromatic heterocycles. The predicted molar refractivity (Wildman–Crippen MR) is 66.1 cm³/mol. The number of hydrogen-bond acceptors (Lipinski definition) is 0. The van der Waals surface area contributed by atoms with E-state index in [0.717, 1.165) is 6.42 Å². The lowest BCUT2D eigenvalue weighted by Gasteiger charge is -2.01. The van der Waals surface area contributed by atoms with Crippen molar-refractivity contribution in [1.29, 1.82) is 0 Å². The van der Waals surface area contributed by atoms with Crippen molar-refractivity contribution in [2.45, 2.75) is 77.6 Å². The van der Waals surface area contributed by atoms with Gasteiger partial charge in [-0.25, -0.2) is 0 Å². The molecule has 0 heterocycles. The zero-order chi connectivity index (χ0) is 10.5. The van der Waals surface area contributed by atoms with Gasteiger partial charge >= 0.3 is 0 Å². The molecule has 0 bridgehead atoms. The maximum Gasteiger partial charge on any atom is -0.0386 e. The van der Waals surface area contributed by atoms with Crippen molar-refractivity contribution in [3.05, 3.63) is 13.3 Å². The van der Waals surface area contributed by atoms with Gasteiger partial charge in [-0.15, -0.1) is 0 Å². The van der Waals surface area contributed by atoms with Gasteiger partial charge in [0, 0.05) is 0 Å². The smallest absolute Gasteiger partial charge is 0.0386 e. The molecule has 0 aliphatic carbocycles. The fraction of sp³-hybridized carbons (Fsp3) is 0.857. The molecule has 0 atom stereocenters. The Morgan fingerprint density at radius 3 is 1.93 bits per heavy atom. The molecule has 0 aromatic carbocycles. The molecule has 0 aliphatic heterocycles. The monoisotopic (exact) mass is 196 g/mol. The van der Waals surface area contributed by atoms with Crippen LogP contribution in [0.5, 0.6) is 0 Å². The third kappa shape index (κ3) is 12.0. The lowest BCUT2D eigenvalue weighted by molar-refractivity contribution is 0.572. The zero-order valence-electron chi connectivity index (χ0n) is 10.1.